The molecule has 4 heterocycles. The van der Waals surface area contributed by atoms with E-state index in [1.165, 1.54) is 17.3 Å². The molecule has 0 aliphatic carbocycles. The maximum Gasteiger partial charge on any atom is 0.148 e. The Balaban J connectivity index is 0.000000209. The minimum absolute atomic E-state index is 0. The second-order valence-electron chi connectivity index (χ2n) is 11.7. The van der Waals surface area contributed by atoms with Crippen molar-refractivity contribution in [1.82, 2.24) is 15.0 Å². The molecule has 0 bridgehead atoms. The summed E-state index contributed by atoms with van der Waals surface area (Å²) in [5.74, 6) is 0. The standard InChI is InChI=1S/C25H23N2OS.C12H10N.Ir/c1-14-13-26-20(11-16(14)12-25(3,4)5)19-8-6-7-17-18-9-10-21-22(27-15(2)29-21)24(18)28-23(17)19;1-10-7-8-12(13-9-10)11-5-3-2-4-6-11;/h6-7,9-11,13H,12H2,1-5H3;2-5,7-9H,1H3;/q2*-1;/i;1D3;. The first-order valence-corrected chi connectivity index (χ1v) is 14.7. The van der Waals surface area contributed by atoms with Gasteiger partial charge in [-0.1, -0.05) is 61.5 Å². The van der Waals surface area contributed by atoms with Crippen LogP contribution in [0.2, 0.25) is 0 Å². The summed E-state index contributed by atoms with van der Waals surface area (Å²) in [6.45, 7) is 8.86. The van der Waals surface area contributed by atoms with E-state index < -0.39 is 6.85 Å². The molecular formula is C37H33IrN3OS-2. The van der Waals surface area contributed by atoms with Crippen LogP contribution in [0, 0.1) is 38.2 Å². The molecule has 0 atom stereocenters. The molecule has 0 N–H and O–H groups in total. The van der Waals surface area contributed by atoms with E-state index in [9.17, 15) is 0 Å². The van der Waals surface area contributed by atoms with Gasteiger partial charge in [0, 0.05) is 42.0 Å². The second-order valence-corrected chi connectivity index (χ2v) is 12.9. The van der Waals surface area contributed by atoms with Crippen LogP contribution in [0.4, 0.5) is 0 Å². The van der Waals surface area contributed by atoms with Crippen LogP contribution < -0.4 is 0 Å². The molecule has 0 spiro atoms. The third-order valence-corrected chi connectivity index (χ3v) is 7.94. The topological polar surface area (TPSA) is 51.8 Å². The van der Waals surface area contributed by atoms with Crippen molar-refractivity contribution in [2.75, 3.05) is 0 Å². The Morgan fingerprint density at radius 3 is 2.42 bits per heavy atom. The summed E-state index contributed by atoms with van der Waals surface area (Å²) in [6, 6.07) is 27.7. The number of hydrogen-bond acceptors (Lipinski definition) is 5. The third kappa shape index (κ3) is 6.62. The fraction of sp³-hybridized carbons (Fsp3) is 0.216. The molecule has 4 nitrogen and oxygen atoms in total. The van der Waals surface area contributed by atoms with E-state index in [4.69, 9.17) is 18.5 Å². The van der Waals surface area contributed by atoms with Gasteiger partial charge < -0.3 is 14.4 Å². The van der Waals surface area contributed by atoms with Gasteiger partial charge in [0.25, 0.3) is 0 Å². The summed E-state index contributed by atoms with van der Waals surface area (Å²) in [7, 11) is 0. The third-order valence-electron chi connectivity index (χ3n) is 7.01. The Hall–Kier alpha value is -3.70. The second kappa shape index (κ2) is 12.5. The van der Waals surface area contributed by atoms with Crippen molar-refractivity contribution < 1.29 is 28.6 Å². The Morgan fingerprint density at radius 2 is 1.70 bits per heavy atom. The van der Waals surface area contributed by atoms with Crippen molar-refractivity contribution in [3.05, 3.63) is 113 Å². The molecule has 43 heavy (non-hydrogen) atoms. The molecular weight excluding hydrogens is 727 g/mol. The van der Waals surface area contributed by atoms with Crippen LogP contribution in [0.3, 0.4) is 0 Å². The number of aryl methyl sites for hydroxylation is 3. The molecule has 0 aliphatic rings. The van der Waals surface area contributed by atoms with Gasteiger partial charge in [0.1, 0.15) is 11.1 Å². The summed E-state index contributed by atoms with van der Waals surface area (Å²) >= 11 is 1.69. The molecule has 0 saturated heterocycles. The molecule has 0 saturated carbocycles. The van der Waals surface area contributed by atoms with E-state index in [2.05, 4.69) is 69.1 Å². The van der Waals surface area contributed by atoms with Crippen molar-refractivity contribution in [3.63, 3.8) is 0 Å². The van der Waals surface area contributed by atoms with Crippen LogP contribution in [-0.2, 0) is 26.5 Å². The van der Waals surface area contributed by atoms with Crippen molar-refractivity contribution in [3.8, 4) is 22.5 Å². The van der Waals surface area contributed by atoms with Crippen molar-refractivity contribution in [2.45, 2.75) is 47.9 Å². The summed E-state index contributed by atoms with van der Waals surface area (Å²) in [4.78, 5) is 13.5. The van der Waals surface area contributed by atoms with Gasteiger partial charge in [-0.3, -0.25) is 0 Å². The minimum Gasteiger partial charge on any atom is -0.498 e. The molecule has 0 amide bonds. The Morgan fingerprint density at radius 1 is 0.884 bits per heavy atom. The molecule has 7 rings (SSSR count). The van der Waals surface area contributed by atoms with Gasteiger partial charge in [0.05, 0.1) is 15.3 Å². The molecule has 0 aliphatic heterocycles. The van der Waals surface area contributed by atoms with Gasteiger partial charge in [-0.25, -0.2) is 4.98 Å². The normalized spacial score (nSPS) is 12.7. The Bertz CT molecular complexity index is 2130. The van der Waals surface area contributed by atoms with Gasteiger partial charge in [-0.2, -0.15) is 0 Å². The molecule has 219 valence electrons. The van der Waals surface area contributed by atoms with Gasteiger partial charge in [-0.15, -0.1) is 65.4 Å². The maximum atomic E-state index is 7.23. The number of fused-ring (bicyclic) bond motifs is 5. The van der Waals surface area contributed by atoms with Crippen LogP contribution in [0.5, 0.6) is 0 Å². The molecule has 7 aromatic rings. The van der Waals surface area contributed by atoms with Crippen LogP contribution in [0.1, 0.15) is 46.6 Å². The van der Waals surface area contributed by atoms with E-state index in [1.54, 1.807) is 29.5 Å². The maximum absolute atomic E-state index is 7.23. The number of thiazole rings is 1. The van der Waals surface area contributed by atoms with Crippen molar-refractivity contribution in [1.29, 1.82) is 0 Å². The first-order valence-electron chi connectivity index (χ1n) is 15.4. The fourth-order valence-electron chi connectivity index (χ4n) is 5.06. The average Bonchev–Trinajstić information content (AvgIpc) is 3.58. The largest absolute Gasteiger partial charge is 0.498 e. The SMILES string of the molecule is Cc1nc2c(ccc3c4cc[c-]c(-c5cc(CC(C)(C)C)c(C)cn5)c4oc32)s1.[2H]C([2H])([2H])c1ccc(-c2[c-]cccc2)nc1.[Ir]. The number of benzene rings is 3. The smallest absolute Gasteiger partial charge is 0.148 e. The summed E-state index contributed by atoms with van der Waals surface area (Å²) in [6.07, 6.45) is 4.36. The zero-order chi connectivity index (χ0) is 31.9. The van der Waals surface area contributed by atoms with Gasteiger partial charge >= 0.3 is 0 Å². The summed E-state index contributed by atoms with van der Waals surface area (Å²) < 4.78 is 29.3. The first kappa shape index (κ1) is 26.9. The van der Waals surface area contributed by atoms with Gasteiger partial charge in [0.15, 0.2) is 0 Å². The Kier molecular flexibility index (Phi) is 7.81. The quantitative estimate of drug-likeness (QED) is 0.168. The number of pyridine rings is 2. The summed E-state index contributed by atoms with van der Waals surface area (Å²) in [5, 5.41) is 3.22. The van der Waals surface area contributed by atoms with Crippen molar-refractivity contribution >= 4 is 43.5 Å². The number of aromatic nitrogens is 3. The average molecular weight is 763 g/mol. The van der Waals surface area contributed by atoms with Crippen LogP contribution in [0.15, 0.2) is 83.5 Å². The zero-order valence-electron chi connectivity index (χ0n) is 27.7. The fourth-order valence-corrected chi connectivity index (χ4v) is 5.89. The minimum atomic E-state index is -2.09. The van der Waals surface area contributed by atoms with E-state index in [1.807, 2.05) is 37.4 Å². The number of furan rings is 1. The first-order chi connectivity index (χ1) is 21.4. The predicted molar refractivity (Wildman–Crippen MR) is 175 cm³/mol. The number of hydrogen-bond donors (Lipinski definition) is 0. The van der Waals surface area contributed by atoms with Crippen LogP contribution in [-0.4, -0.2) is 15.0 Å². The molecule has 0 unspecified atom stereocenters. The van der Waals surface area contributed by atoms with E-state index >= 15 is 0 Å². The van der Waals surface area contributed by atoms with Crippen LogP contribution >= 0.6 is 11.3 Å². The van der Waals surface area contributed by atoms with Crippen LogP contribution in [0.25, 0.3) is 54.7 Å². The van der Waals surface area contributed by atoms with E-state index in [0.717, 1.165) is 66.1 Å². The zero-order valence-corrected chi connectivity index (χ0v) is 27.9. The number of nitrogens with zero attached hydrogens (tertiary/aromatic N) is 3. The van der Waals surface area contributed by atoms with E-state index in [0.29, 0.717) is 0 Å². The molecule has 6 heteroatoms. The molecule has 3 aromatic carbocycles. The number of rotatable bonds is 3. The predicted octanol–water partition coefficient (Wildman–Crippen LogP) is 10.1. The summed E-state index contributed by atoms with van der Waals surface area (Å²) in [5.41, 5.74) is 9.05. The molecule has 0 fully saturated rings. The van der Waals surface area contributed by atoms with Crippen molar-refractivity contribution in [2.24, 2.45) is 5.41 Å². The van der Waals surface area contributed by atoms with Gasteiger partial charge in [0.2, 0.25) is 0 Å². The Labute approximate surface area is 274 Å². The monoisotopic (exact) mass is 763 g/mol. The van der Waals surface area contributed by atoms with Gasteiger partial charge in [-0.05, 0) is 61.1 Å². The molecule has 1 radical (unpaired) electrons. The van der Waals surface area contributed by atoms with E-state index in [-0.39, 0.29) is 31.1 Å². The molecule has 4 aromatic heterocycles.